The molecule has 1 atom stereocenters. The maximum atomic E-state index is 12.9. The molecule has 3 N–H and O–H groups in total. The van der Waals surface area contributed by atoms with Gasteiger partial charge in [-0.15, -0.1) is 10.2 Å². The molecule has 0 aliphatic heterocycles. The van der Waals surface area contributed by atoms with Gasteiger partial charge in [-0.2, -0.15) is 0 Å². The van der Waals surface area contributed by atoms with Crippen molar-refractivity contribution >= 4 is 22.4 Å². The van der Waals surface area contributed by atoms with E-state index in [9.17, 15) is 9.18 Å². The van der Waals surface area contributed by atoms with Gasteiger partial charge in [0.2, 0.25) is 11.0 Å². The van der Waals surface area contributed by atoms with Gasteiger partial charge < -0.3 is 5.73 Å². The van der Waals surface area contributed by atoms with Gasteiger partial charge in [0.05, 0.1) is 6.04 Å². The molecule has 0 radical (unpaired) electrons. The van der Waals surface area contributed by atoms with Crippen LogP contribution in [-0.4, -0.2) is 22.1 Å². The van der Waals surface area contributed by atoms with Gasteiger partial charge in [-0.05, 0) is 36.2 Å². The minimum atomic E-state index is -0.675. The van der Waals surface area contributed by atoms with E-state index >= 15 is 0 Å². The summed E-state index contributed by atoms with van der Waals surface area (Å²) >= 11 is 1.21. The normalized spacial score (nSPS) is 11.9. The highest BCUT2D eigenvalue weighted by molar-refractivity contribution is 7.18. The molecule has 0 saturated carbocycles. The SMILES string of the molecule is NC(Cc1ccccc1)C(=O)Nc1nnc(-c2ccc(F)cc2)s1. The van der Waals surface area contributed by atoms with E-state index < -0.39 is 6.04 Å². The first-order valence-corrected chi connectivity index (χ1v) is 8.13. The second-order valence-electron chi connectivity index (χ2n) is 5.20. The Balaban J connectivity index is 1.63. The maximum absolute atomic E-state index is 12.9. The molecule has 0 fully saturated rings. The smallest absolute Gasteiger partial charge is 0.243 e. The summed E-state index contributed by atoms with van der Waals surface area (Å²) in [4.78, 5) is 12.2. The van der Waals surface area contributed by atoms with Crippen LogP contribution in [0.4, 0.5) is 9.52 Å². The monoisotopic (exact) mass is 342 g/mol. The van der Waals surface area contributed by atoms with Crippen LogP contribution >= 0.6 is 11.3 Å². The second-order valence-corrected chi connectivity index (χ2v) is 6.18. The average Bonchev–Trinajstić information content (AvgIpc) is 3.05. The van der Waals surface area contributed by atoms with Crippen molar-refractivity contribution in [1.29, 1.82) is 0 Å². The molecule has 0 aliphatic carbocycles. The first-order valence-electron chi connectivity index (χ1n) is 7.31. The second kappa shape index (κ2) is 7.29. The Hall–Kier alpha value is -2.64. The molecule has 3 aromatic rings. The number of amides is 1. The highest BCUT2D eigenvalue weighted by atomic mass is 32.1. The molecule has 0 bridgehead atoms. The van der Waals surface area contributed by atoms with Crippen molar-refractivity contribution in [2.24, 2.45) is 5.73 Å². The third-order valence-corrected chi connectivity index (χ3v) is 4.27. The minimum absolute atomic E-state index is 0.316. The third kappa shape index (κ3) is 4.01. The quantitative estimate of drug-likeness (QED) is 0.747. The van der Waals surface area contributed by atoms with E-state index in [1.54, 1.807) is 12.1 Å². The number of carbonyl (C=O) groups excluding carboxylic acids is 1. The Morgan fingerprint density at radius 1 is 1.12 bits per heavy atom. The van der Waals surface area contributed by atoms with Gasteiger partial charge in [-0.3, -0.25) is 10.1 Å². The lowest BCUT2D eigenvalue weighted by molar-refractivity contribution is -0.117. The predicted octanol–water partition coefficient (Wildman–Crippen LogP) is 2.85. The molecule has 24 heavy (non-hydrogen) atoms. The van der Waals surface area contributed by atoms with Crippen molar-refractivity contribution in [3.63, 3.8) is 0 Å². The molecule has 1 heterocycles. The van der Waals surface area contributed by atoms with Crippen LogP contribution in [0.3, 0.4) is 0 Å². The molecule has 0 saturated heterocycles. The van der Waals surface area contributed by atoms with Crippen LogP contribution in [0.15, 0.2) is 54.6 Å². The Labute approximate surface area is 142 Å². The highest BCUT2D eigenvalue weighted by Gasteiger charge is 2.16. The van der Waals surface area contributed by atoms with Crippen LogP contribution in [0.5, 0.6) is 0 Å². The standard InChI is InChI=1S/C17H15FN4OS/c18-13-8-6-12(7-9-13)16-21-22-17(24-16)20-15(23)14(19)10-11-4-2-1-3-5-11/h1-9,14H,10,19H2,(H,20,22,23). The van der Waals surface area contributed by atoms with Gasteiger partial charge in [0.25, 0.3) is 0 Å². The van der Waals surface area contributed by atoms with Crippen molar-refractivity contribution in [1.82, 2.24) is 10.2 Å². The van der Waals surface area contributed by atoms with Crippen molar-refractivity contribution in [3.8, 4) is 10.6 Å². The number of rotatable bonds is 5. The maximum Gasteiger partial charge on any atom is 0.243 e. The summed E-state index contributed by atoms with van der Waals surface area (Å²) in [6.07, 6.45) is 0.441. The molecule has 7 heteroatoms. The van der Waals surface area contributed by atoms with Crippen molar-refractivity contribution < 1.29 is 9.18 Å². The topological polar surface area (TPSA) is 80.9 Å². The number of aromatic nitrogens is 2. The summed E-state index contributed by atoms with van der Waals surface area (Å²) < 4.78 is 12.9. The fourth-order valence-corrected chi connectivity index (χ4v) is 2.89. The number of nitrogens with one attached hydrogen (secondary N) is 1. The molecule has 1 amide bonds. The van der Waals surface area contributed by atoms with E-state index in [2.05, 4.69) is 15.5 Å². The van der Waals surface area contributed by atoms with Crippen molar-refractivity contribution in [3.05, 3.63) is 66.0 Å². The van der Waals surface area contributed by atoms with E-state index in [1.807, 2.05) is 30.3 Å². The number of hydrogen-bond donors (Lipinski definition) is 2. The molecule has 3 rings (SSSR count). The number of carbonyl (C=O) groups is 1. The van der Waals surface area contributed by atoms with E-state index in [4.69, 9.17) is 5.73 Å². The number of anilines is 1. The number of benzene rings is 2. The molecular weight excluding hydrogens is 327 g/mol. The van der Waals surface area contributed by atoms with Crippen LogP contribution in [0.2, 0.25) is 0 Å². The predicted molar refractivity (Wildman–Crippen MR) is 92.1 cm³/mol. The minimum Gasteiger partial charge on any atom is -0.320 e. The zero-order valence-electron chi connectivity index (χ0n) is 12.6. The van der Waals surface area contributed by atoms with E-state index in [0.717, 1.165) is 11.1 Å². The van der Waals surface area contributed by atoms with E-state index in [1.165, 1.54) is 23.5 Å². The Bertz CT molecular complexity index is 820. The van der Waals surface area contributed by atoms with Crippen LogP contribution in [0.1, 0.15) is 5.56 Å². The summed E-state index contributed by atoms with van der Waals surface area (Å²) in [5.41, 5.74) is 7.66. The van der Waals surface area contributed by atoms with E-state index in [0.29, 0.717) is 16.6 Å². The molecule has 122 valence electrons. The fourth-order valence-electron chi connectivity index (χ4n) is 2.14. The molecular formula is C17H15FN4OS. The molecule has 1 unspecified atom stereocenters. The number of halogens is 1. The zero-order valence-corrected chi connectivity index (χ0v) is 13.5. The number of hydrogen-bond acceptors (Lipinski definition) is 5. The van der Waals surface area contributed by atoms with Crippen LogP contribution in [0.25, 0.3) is 10.6 Å². The highest BCUT2D eigenvalue weighted by Crippen LogP contribution is 2.26. The molecule has 0 spiro atoms. The lowest BCUT2D eigenvalue weighted by atomic mass is 10.1. The number of nitrogens with zero attached hydrogens (tertiary/aromatic N) is 2. The average molecular weight is 342 g/mol. The van der Waals surface area contributed by atoms with Gasteiger partial charge in [-0.25, -0.2) is 4.39 Å². The molecule has 1 aromatic heterocycles. The van der Waals surface area contributed by atoms with Gasteiger partial charge in [-0.1, -0.05) is 41.7 Å². The summed E-state index contributed by atoms with van der Waals surface area (Å²) in [6, 6.07) is 14.8. The van der Waals surface area contributed by atoms with Gasteiger partial charge in [0.15, 0.2) is 0 Å². The largest absolute Gasteiger partial charge is 0.320 e. The molecule has 5 nitrogen and oxygen atoms in total. The van der Waals surface area contributed by atoms with Gasteiger partial charge in [0, 0.05) is 5.56 Å². The summed E-state index contributed by atoms with van der Waals surface area (Å²) in [5.74, 6) is -0.635. The molecule has 0 aliphatic rings. The zero-order chi connectivity index (χ0) is 16.9. The Kier molecular flexibility index (Phi) is 4.93. The first-order chi connectivity index (χ1) is 11.6. The summed E-state index contributed by atoms with van der Waals surface area (Å²) in [6.45, 7) is 0. The number of nitrogens with two attached hydrogens (primary N) is 1. The Morgan fingerprint density at radius 2 is 1.83 bits per heavy atom. The van der Waals surface area contributed by atoms with E-state index in [-0.39, 0.29) is 11.7 Å². The third-order valence-electron chi connectivity index (χ3n) is 3.38. The van der Waals surface area contributed by atoms with Crippen molar-refractivity contribution in [2.75, 3.05) is 5.32 Å². The summed E-state index contributed by atoms with van der Waals surface area (Å²) in [5, 5.41) is 11.6. The first kappa shape index (κ1) is 16.2. The van der Waals surface area contributed by atoms with Gasteiger partial charge in [0.1, 0.15) is 10.8 Å². The fraction of sp³-hybridized carbons (Fsp3) is 0.118. The van der Waals surface area contributed by atoms with Crippen LogP contribution < -0.4 is 11.1 Å². The van der Waals surface area contributed by atoms with Crippen LogP contribution in [0, 0.1) is 5.82 Å². The van der Waals surface area contributed by atoms with Gasteiger partial charge >= 0.3 is 0 Å². The van der Waals surface area contributed by atoms with Crippen LogP contribution in [-0.2, 0) is 11.2 Å². The lowest BCUT2D eigenvalue weighted by Crippen LogP contribution is -2.37. The van der Waals surface area contributed by atoms with Crippen molar-refractivity contribution in [2.45, 2.75) is 12.5 Å². The summed E-state index contributed by atoms with van der Waals surface area (Å²) in [7, 11) is 0. The Morgan fingerprint density at radius 3 is 2.54 bits per heavy atom. The lowest BCUT2D eigenvalue weighted by Gasteiger charge is -2.10. The molecule has 2 aromatic carbocycles.